The van der Waals surface area contributed by atoms with E-state index >= 15 is 0 Å². The van der Waals surface area contributed by atoms with Gasteiger partial charge in [-0.1, -0.05) is 0 Å². The summed E-state index contributed by atoms with van der Waals surface area (Å²) < 4.78 is 68.8. The van der Waals surface area contributed by atoms with E-state index in [9.17, 15) is 21.6 Å². The van der Waals surface area contributed by atoms with Crippen LogP contribution in [-0.2, 0) is 19.0 Å². The Kier molecular flexibility index (Phi) is 4.85. The zero-order valence-electron chi connectivity index (χ0n) is 12.4. The second-order valence-electron chi connectivity index (χ2n) is 5.00. The van der Waals surface area contributed by atoms with E-state index in [1.165, 1.54) is 12.3 Å². The molecule has 0 amide bonds. The highest BCUT2D eigenvalue weighted by atomic mass is 32.2. The number of nitrogens with zero attached hydrogens (tertiary/aromatic N) is 2. The first kappa shape index (κ1) is 17.5. The van der Waals surface area contributed by atoms with E-state index in [2.05, 4.69) is 9.17 Å². The maximum Gasteiger partial charge on any atom is 0.534 e. The first-order valence-electron chi connectivity index (χ1n) is 6.56. The Hall–Kier alpha value is -1.81. The SMILES string of the molecule is CN(C)c1cc(C2C=C(OS(=O)(=O)C(F)(F)F)CCO2)ccn1. The molecule has 6 nitrogen and oxygen atoms in total. The van der Waals surface area contributed by atoms with Crippen molar-refractivity contribution < 1.29 is 30.5 Å². The Labute approximate surface area is 131 Å². The molecule has 0 spiro atoms. The lowest BCUT2D eigenvalue weighted by Crippen LogP contribution is -2.26. The molecule has 0 radical (unpaired) electrons. The zero-order valence-corrected chi connectivity index (χ0v) is 13.2. The molecule has 0 aromatic carbocycles. The van der Waals surface area contributed by atoms with Crippen molar-refractivity contribution >= 4 is 15.9 Å². The number of anilines is 1. The maximum absolute atomic E-state index is 12.4. The van der Waals surface area contributed by atoms with Crippen LogP contribution in [0.1, 0.15) is 18.1 Å². The topological polar surface area (TPSA) is 68.7 Å². The Balaban J connectivity index is 2.24. The molecule has 0 fully saturated rings. The van der Waals surface area contributed by atoms with Crippen LogP contribution in [0.4, 0.5) is 19.0 Å². The van der Waals surface area contributed by atoms with Gasteiger partial charge in [-0.25, -0.2) is 4.98 Å². The van der Waals surface area contributed by atoms with E-state index in [0.29, 0.717) is 11.4 Å². The Morgan fingerprint density at radius 3 is 2.70 bits per heavy atom. The van der Waals surface area contributed by atoms with Gasteiger partial charge < -0.3 is 13.8 Å². The first-order valence-corrected chi connectivity index (χ1v) is 7.97. The van der Waals surface area contributed by atoms with E-state index in [4.69, 9.17) is 4.74 Å². The third kappa shape index (κ3) is 4.14. The number of ether oxygens (including phenoxy) is 1. The fraction of sp³-hybridized carbons (Fsp3) is 0.462. The minimum atomic E-state index is -5.67. The van der Waals surface area contributed by atoms with Crippen molar-refractivity contribution in [2.45, 2.75) is 18.0 Å². The molecule has 2 heterocycles. The molecule has 0 bridgehead atoms. The van der Waals surface area contributed by atoms with Gasteiger partial charge in [0.15, 0.2) is 0 Å². The van der Waals surface area contributed by atoms with Crippen LogP contribution in [0.2, 0.25) is 0 Å². The van der Waals surface area contributed by atoms with Crippen LogP contribution in [-0.4, -0.2) is 39.6 Å². The highest BCUT2D eigenvalue weighted by molar-refractivity contribution is 7.87. The minimum absolute atomic E-state index is 0.0451. The molecule has 1 aromatic heterocycles. The smallest absolute Gasteiger partial charge is 0.381 e. The van der Waals surface area contributed by atoms with Crippen LogP contribution in [0.15, 0.2) is 30.2 Å². The third-order valence-corrected chi connectivity index (χ3v) is 4.04. The summed E-state index contributed by atoms with van der Waals surface area (Å²) >= 11 is 0. The minimum Gasteiger partial charge on any atom is -0.381 e. The first-order chi connectivity index (χ1) is 10.6. The lowest BCUT2D eigenvalue weighted by molar-refractivity contribution is -0.0530. The molecule has 23 heavy (non-hydrogen) atoms. The number of rotatable bonds is 4. The van der Waals surface area contributed by atoms with E-state index in [0.717, 1.165) is 0 Å². The van der Waals surface area contributed by atoms with Crippen LogP contribution in [0.25, 0.3) is 0 Å². The predicted octanol–water partition coefficient (Wildman–Crippen LogP) is 2.36. The molecule has 0 saturated carbocycles. The van der Waals surface area contributed by atoms with Crippen LogP contribution in [0.3, 0.4) is 0 Å². The van der Waals surface area contributed by atoms with Crippen LogP contribution >= 0.6 is 0 Å². The molecule has 1 aromatic rings. The van der Waals surface area contributed by atoms with Crippen molar-refractivity contribution in [1.29, 1.82) is 0 Å². The van der Waals surface area contributed by atoms with Gasteiger partial charge in [-0.3, -0.25) is 0 Å². The number of halogens is 3. The van der Waals surface area contributed by atoms with Crippen LogP contribution < -0.4 is 4.90 Å². The van der Waals surface area contributed by atoms with Crippen LogP contribution in [0, 0.1) is 0 Å². The van der Waals surface area contributed by atoms with Crippen molar-refractivity contribution in [3.8, 4) is 0 Å². The quantitative estimate of drug-likeness (QED) is 0.612. The predicted molar refractivity (Wildman–Crippen MR) is 76.0 cm³/mol. The summed E-state index contributed by atoms with van der Waals surface area (Å²) in [5.41, 5.74) is -4.83. The van der Waals surface area contributed by atoms with Gasteiger partial charge in [-0.05, 0) is 23.8 Å². The zero-order chi connectivity index (χ0) is 17.3. The fourth-order valence-electron chi connectivity index (χ4n) is 1.89. The maximum atomic E-state index is 12.4. The van der Waals surface area contributed by atoms with Gasteiger partial charge in [0.25, 0.3) is 0 Å². The lowest BCUT2D eigenvalue weighted by Gasteiger charge is -2.23. The molecule has 0 aliphatic carbocycles. The fourth-order valence-corrected chi connectivity index (χ4v) is 2.41. The van der Waals surface area contributed by atoms with E-state index in [1.54, 1.807) is 31.1 Å². The molecule has 10 heteroatoms. The van der Waals surface area contributed by atoms with Gasteiger partial charge >= 0.3 is 15.6 Å². The normalized spacial score (nSPS) is 19.2. The Bertz CT molecular complexity index is 701. The second-order valence-corrected chi connectivity index (χ2v) is 6.54. The molecule has 0 saturated heterocycles. The molecule has 1 unspecified atom stereocenters. The molecule has 128 valence electrons. The average Bonchev–Trinajstić information content (AvgIpc) is 2.46. The van der Waals surface area contributed by atoms with Crippen molar-refractivity contribution in [2.75, 3.05) is 25.6 Å². The number of hydrogen-bond donors (Lipinski definition) is 0. The number of pyridine rings is 1. The number of hydrogen-bond acceptors (Lipinski definition) is 6. The standard InChI is InChI=1S/C13H15F3N2O4S/c1-18(2)12-7-9(3-5-17-12)11-8-10(4-6-21-11)22-23(19,20)13(14,15)16/h3,5,7-8,11H,4,6H2,1-2H3. The molecule has 1 atom stereocenters. The molecular weight excluding hydrogens is 337 g/mol. The summed E-state index contributed by atoms with van der Waals surface area (Å²) in [6.45, 7) is 0.0451. The summed E-state index contributed by atoms with van der Waals surface area (Å²) in [6, 6.07) is 3.33. The third-order valence-electron chi connectivity index (χ3n) is 3.04. The monoisotopic (exact) mass is 352 g/mol. The van der Waals surface area contributed by atoms with Crippen LogP contribution in [0.5, 0.6) is 0 Å². The van der Waals surface area contributed by atoms with Crippen molar-refractivity contribution in [1.82, 2.24) is 4.98 Å². The Morgan fingerprint density at radius 2 is 2.09 bits per heavy atom. The molecule has 1 aliphatic rings. The number of aromatic nitrogens is 1. The molecule has 2 rings (SSSR count). The van der Waals surface area contributed by atoms with Gasteiger partial charge in [-0.2, -0.15) is 21.6 Å². The second kappa shape index (κ2) is 6.36. The highest BCUT2D eigenvalue weighted by Crippen LogP contribution is 2.32. The van der Waals surface area contributed by atoms with Gasteiger partial charge in [-0.15, -0.1) is 0 Å². The molecular formula is C13H15F3N2O4S. The van der Waals surface area contributed by atoms with Crippen molar-refractivity contribution in [3.05, 3.63) is 35.7 Å². The lowest BCUT2D eigenvalue weighted by atomic mass is 10.1. The van der Waals surface area contributed by atoms with E-state index in [-0.39, 0.29) is 18.8 Å². The molecule has 1 aliphatic heterocycles. The van der Waals surface area contributed by atoms with Gasteiger partial charge in [0.2, 0.25) is 0 Å². The summed E-state index contributed by atoms with van der Waals surface area (Å²) in [6.07, 6.45) is 1.99. The number of alkyl halides is 3. The van der Waals surface area contributed by atoms with Gasteiger partial charge in [0.05, 0.1) is 6.61 Å². The summed E-state index contributed by atoms with van der Waals surface area (Å²) in [7, 11) is -2.10. The molecule has 0 N–H and O–H groups in total. The van der Waals surface area contributed by atoms with Crippen molar-refractivity contribution in [2.24, 2.45) is 0 Å². The highest BCUT2D eigenvalue weighted by Gasteiger charge is 2.49. The summed E-state index contributed by atoms with van der Waals surface area (Å²) in [5.74, 6) is 0.345. The van der Waals surface area contributed by atoms with Crippen molar-refractivity contribution in [3.63, 3.8) is 0 Å². The van der Waals surface area contributed by atoms with E-state index < -0.39 is 21.7 Å². The Morgan fingerprint density at radius 1 is 1.39 bits per heavy atom. The largest absolute Gasteiger partial charge is 0.534 e. The summed E-state index contributed by atoms with van der Waals surface area (Å²) in [4.78, 5) is 5.87. The van der Waals surface area contributed by atoms with Gasteiger partial charge in [0.1, 0.15) is 17.7 Å². The average molecular weight is 352 g/mol. The summed E-state index contributed by atoms with van der Waals surface area (Å²) in [5, 5.41) is 0. The van der Waals surface area contributed by atoms with E-state index in [1.807, 2.05) is 0 Å². The van der Waals surface area contributed by atoms with Gasteiger partial charge in [0, 0.05) is 26.7 Å².